The molecule has 2 aromatic carbocycles. The van der Waals surface area contributed by atoms with Crippen LogP contribution >= 0.6 is 0 Å². The van der Waals surface area contributed by atoms with Gasteiger partial charge in [0.2, 0.25) is 0 Å². The first-order chi connectivity index (χ1) is 11.1. The number of hydrogen-bond acceptors (Lipinski definition) is 2. The molecule has 0 aliphatic rings. The van der Waals surface area contributed by atoms with E-state index in [1.165, 1.54) is 0 Å². The van der Waals surface area contributed by atoms with Gasteiger partial charge in [-0.15, -0.1) is 0 Å². The van der Waals surface area contributed by atoms with Gasteiger partial charge in [-0.3, -0.25) is 9.59 Å². The molecule has 0 heterocycles. The van der Waals surface area contributed by atoms with E-state index in [1.807, 2.05) is 30.3 Å². The number of hydrogen-bond donors (Lipinski definition) is 2. The Morgan fingerprint density at radius 3 is 2.00 bits per heavy atom. The molecule has 0 aromatic heterocycles. The van der Waals surface area contributed by atoms with E-state index in [0.717, 1.165) is 5.56 Å². The van der Waals surface area contributed by atoms with E-state index in [9.17, 15) is 9.59 Å². The van der Waals surface area contributed by atoms with Crippen molar-refractivity contribution in [3.63, 3.8) is 0 Å². The van der Waals surface area contributed by atoms with E-state index in [2.05, 4.69) is 24.5 Å². The third kappa shape index (κ3) is 5.25. The second-order valence-electron chi connectivity index (χ2n) is 5.85. The summed E-state index contributed by atoms with van der Waals surface area (Å²) in [5.41, 5.74) is 2.22. The van der Waals surface area contributed by atoms with Crippen LogP contribution in [0.4, 0.5) is 0 Å². The van der Waals surface area contributed by atoms with E-state index in [4.69, 9.17) is 0 Å². The molecule has 0 radical (unpaired) electrons. The third-order valence-corrected chi connectivity index (χ3v) is 3.38. The number of carbonyl (C=O) groups is 2. The highest BCUT2D eigenvalue weighted by Gasteiger charge is 2.07. The van der Waals surface area contributed by atoms with Crippen molar-refractivity contribution in [1.29, 1.82) is 0 Å². The first-order valence-electron chi connectivity index (χ1n) is 7.76. The molecule has 0 fully saturated rings. The molecule has 0 aliphatic heterocycles. The van der Waals surface area contributed by atoms with Crippen LogP contribution in [0.1, 0.15) is 40.1 Å². The van der Waals surface area contributed by atoms with Gasteiger partial charge in [-0.05, 0) is 35.7 Å². The van der Waals surface area contributed by atoms with Gasteiger partial charge in [0.25, 0.3) is 11.8 Å². The fourth-order valence-electron chi connectivity index (χ4n) is 2.05. The molecule has 23 heavy (non-hydrogen) atoms. The van der Waals surface area contributed by atoms with Gasteiger partial charge in [0.1, 0.15) is 0 Å². The maximum atomic E-state index is 12.0. The summed E-state index contributed by atoms with van der Waals surface area (Å²) in [4.78, 5) is 23.9. The highest BCUT2D eigenvalue weighted by atomic mass is 16.2. The Labute approximate surface area is 136 Å². The van der Waals surface area contributed by atoms with Crippen LogP contribution in [0, 0.1) is 5.92 Å². The quantitative estimate of drug-likeness (QED) is 0.861. The van der Waals surface area contributed by atoms with Crippen molar-refractivity contribution >= 4 is 11.8 Å². The fourth-order valence-corrected chi connectivity index (χ4v) is 2.05. The molecule has 0 atom stereocenters. The van der Waals surface area contributed by atoms with Crippen LogP contribution in [0.15, 0.2) is 54.6 Å². The zero-order chi connectivity index (χ0) is 16.7. The van der Waals surface area contributed by atoms with Crippen molar-refractivity contribution in [3.8, 4) is 0 Å². The maximum Gasteiger partial charge on any atom is 0.251 e. The predicted molar refractivity (Wildman–Crippen MR) is 91.2 cm³/mol. The van der Waals surface area contributed by atoms with Crippen molar-refractivity contribution < 1.29 is 9.59 Å². The topological polar surface area (TPSA) is 58.2 Å². The van der Waals surface area contributed by atoms with Crippen LogP contribution in [-0.4, -0.2) is 18.4 Å². The smallest absolute Gasteiger partial charge is 0.251 e. The van der Waals surface area contributed by atoms with Crippen molar-refractivity contribution in [2.75, 3.05) is 6.54 Å². The summed E-state index contributed by atoms with van der Waals surface area (Å²) in [6, 6.07) is 16.4. The molecular weight excluding hydrogens is 288 g/mol. The Bertz CT molecular complexity index is 649. The van der Waals surface area contributed by atoms with Crippen LogP contribution in [0.5, 0.6) is 0 Å². The van der Waals surface area contributed by atoms with Crippen LogP contribution < -0.4 is 10.6 Å². The van der Waals surface area contributed by atoms with Crippen LogP contribution in [0.3, 0.4) is 0 Å². The average molecular weight is 310 g/mol. The summed E-state index contributed by atoms with van der Waals surface area (Å²) in [5.74, 6) is 0.245. The summed E-state index contributed by atoms with van der Waals surface area (Å²) in [5, 5.41) is 5.75. The van der Waals surface area contributed by atoms with E-state index in [-0.39, 0.29) is 11.8 Å². The second-order valence-corrected chi connectivity index (χ2v) is 5.85. The highest BCUT2D eigenvalue weighted by Crippen LogP contribution is 2.06. The Morgan fingerprint density at radius 2 is 1.39 bits per heavy atom. The summed E-state index contributed by atoms with van der Waals surface area (Å²) in [6.07, 6.45) is 0. The lowest BCUT2D eigenvalue weighted by Crippen LogP contribution is -2.27. The zero-order valence-corrected chi connectivity index (χ0v) is 13.5. The molecule has 0 bridgehead atoms. The molecule has 4 nitrogen and oxygen atoms in total. The largest absolute Gasteiger partial charge is 0.352 e. The molecule has 0 aliphatic carbocycles. The summed E-state index contributed by atoms with van der Waals surface area (Å²) in [6.45, 7) is 5.20. The molecule has 120 valence electrons. The molecular formula is C19H22N2O2. The fraction of sp³-hybridized carbons (Fsp3) is 0.263. The summed E-state index contributed by atoms with van der Waals surface area (Å²) < 4.78 is 0. The normalized spacial score (nSPS) is 10.4. The van der Waals surface area contributed by atoms with Gasteiger partial charge in [0.15, 0.2) is 0 Å². The van der Waals surface area contributed by atoms with E-state index in [0.29, 0.717) is 30.1 Å². The standard InChI is InChI=1S/C19H22N2O2/c1-14(2)12-20-19(23)17-10-8-15(9-11-17)13-21-18(22)16-6-4-3-5-7-16/h3-11,14H,12-13H2,1-2H3,(H,20,23)(H,21,22). The van der Waals surface area contributed by atoms with Crippen LogP contribution in [0.2, 0.25) is 0 Å². The molecule has 4 heteroatoms. The van der Waals surface area contributed by atoms with E-state index >= 15 is 0 Å². The van der Waals surface area contributed by atoms with Gasteiger partial charge in [-0.25, -0.2) is 0 Å². The van der Waals surface area contributed by atoms with Gasteiger partial charge < -0.3 is 10.6 Å². The molecule has 0 unspecified atom stereocenters. The molecule has 0 saturated carbocycles. The van der Waals surface area contributed by atoms with E-state index < -0.39 is 0 Å². The average Bonchev–Trinajstić information content (AvgIpc) is 2.58. The molecule has 2 amide bonds. The lowest BCUT2D eigenvalue weighted by atomic mass is 10.1. The van der Waals surface area contributed by atoms with Gasteiger partial charge >= 0.3 is 0 Å². The zero-order valence-electron chi connectivity index (χ0n) is 13.5. The van der Waals surface area contributed by atoms with Crippen molar-refractivity contribution in [3.05, 3.63) is 71.3 Å². The minimum absolute atomic E-state index is 0.0708. The van der Waals surface area contributed by atoms with Gasteiger partial charge in [-0.2, -0.15) is 0 Å². The number of carbonyl (C=O) groups excluding carboxylic acids is 2. The van der Waals surface area contributed by atoms with Gasteiger partial charge in [0.05, 0.1) is 0 Å². The minimum atomic E-state index is -0.107. The van der Waals surface area contributed by atoms with Crippen LogP contribution in [-0.2, 0) is 6.54 Å². The lowest BCUT2D eigenvalue weighted by Gasteiger charge is -2.09. The third-order valence-electron chi connectivity index (χ3n) is 3.38. The Balaban J connectivity index is 1.88. The number of benzene rings is 2. The first kappa shape index (κ1) is 16.7. The van der Waals surface area contributed by atoms with Crippen molar-refractivity contribution in [2.24, 2.45) is 5.92 Å². The number of rotatable bonds is 6. The molecule has 2 aromatic rings. The Kier molecular flexibility index (Phi) is 5.92. The first-order valence-corrected chi connectivity index (χ1v) is 7.76. The highest BCUT2D eigenvalue weighted by molar-refractivity contribution is 5.94. The van der Waals surface area contributed by atoms with Gasteiger partial charge in [0, 0.05) is 24.2 Å². The summed E-state index contributed by atoms with van der Waals surface area (Å²) >= 11 is 0. The summed E-state index contributed by atoms with van der Waals surface area (Å²) in [7, 11) is 0. The molecule has 2 rings (SSSR count). The molecule has 0 saturated heterocycles. The SMILES string of the molecule is CC(C)CNC(=O)c1ccc(CNC(=O)c2ccccc2)cc1. The maximum absolute atomic E-state index is 12.0. The Hall–Kier alpha value is -2.62. The van der Waals surface area contributed by atoms with E-state index in [1.54, 1.807) is 24.3 Å². The molecule has 2 N–H and O–H groups in total. The van der Waals surface area contributed by atoms with Gasteiger partial charge in [-0.1, -0.05) is 44.2 Å². The van der Waals surface area contributed by atoms with Crippen molar-refractivity contribution in [2.45, 2.75) is 20.4 Å². The number of nitrogens with one attached hydrogen (secondary N) is 2. The monoisotopic (exact) mass is 310 g/mol. The van der Waals surface area contributed by atoms with Crippen molar-refractivity contribution in [1.82, 2.24) is 10.6 Å². The molecule has 0 spiro atoms. The Morgan fingerprint density at radius 1 is 0.826 bits per heavy atom. The number of amides is 2. The second kappa shape index (κ2) is 8.13. The lowest BCUT2D eigenvalue weighted by molar-refractivity contribution is 0.0940. The minimum Gasteiger partial charge on any atom is -0.352 e. The predicted octanol–water partition coefficient (Wildman–Crippen LogP) is 3.00. The van der Waals surface area contributed by atoms with Crippen LogP contribution in [0.25, 0.3) is 0 Å².